The number of rotatable bonds is 2. The lowest BCUT2D eigenvalue weighted by atomic mass is 9.80. The Morgan fingerprint density at radius 2 is 2.05 bits per heavy atom. The molecule has 0 aliphatic heterocycles. The van der Waals surface area contributed by atoms with E-state index in [9.17, 15) is 9.90 Å². The Hall–Kier alpha value is -1.98. The molecular weight excluding hydrogens is 246 g/mol. The minimum atomic E-state index is -0.109. The molecule has 1 aromatic heterocycles. The van der Waals surface area contributed by atoms with Gasteiger partial charge in [-0.25, -0.2) is 0 Å². The molecule has 2 aliphatic carbocycles. The summed E-state index contributed by atoms with van der Waals surface area (Å²) >= 11 is 0. The maximum Gasteiger partial charge on any atom is 0.216 e. The summed E-state index contributed by atoms with van der Waals surface area (Å²) < 4.78 is 4.86. The van der Waals surface area contributed by atoms with Crippen LogP contribution in [0, 0.1) is 18.8 Å². The molecular formula is C13H15N3O3. The number of azo groups is 1. The molecule has 2 unspecified atom stereocenters. The van der Waals surface area contributed by atoms with Crippen LogP contribution >= 0.6 is 0 Å². The van der Waals surface area contributed by atoms with E-state index in [1.165, 1.54) is 0 Å². The van der Waals surface area contributed by atoms with Crippen LogP contribution in [0.5, 0.6) is 0 Å². The first-order valence-corrected chi connectivity index (χ1v) is 6.49. The number of nitrogens with zero attached hydrogens (tertiary/aromatic N) is 3. The first-order valence-electron chi connectivity index (χ1n) is 6.49. The Kier molecular flexibility index (Phi) is 2.93. The van der Waals surface area contributed by atoms with E-state index < -0.39 is 0 Å². The summed E-state index contributed by atoms with van der Waals surface area (Å²) in [4.78, 5) is 12.2. The molecule has 2 atom stereocenters. The van der Waals surface area contributed by atoms with Crippen LogP contribution in [0.2, 0.25) is 0 Å². The maximum absolute atomic E-state index is 12.2. The van der Waals surface area contributed by atoms with Gasteiger partial charge in [0.1, 0.15) is 11.5 Å². The molecule has 3 rings (SSSR count). The molecule has 0 radical (unpaired) electrons. The van der Waals surface area contributed by atoms with Crippen molar-refractivity contribution in [1.29, 1.82) is 0 Å². The van der Waals surface area contributed by atoms with Gasteiger partial charge in [0, 0.05) is 17.9 Å². The predicted octanol–water partition coefficient (Wildman–Crippen LogP) is 3.23. The number of aromatic nitrogens is 1. The standard InChI is InChI=1S/C13H15N3O3/c1-7-6-10(16-19-7)14-15-11-12(17)8-4-2-3-5-9(8)13(11)18/h6,8-9,17H,2-5H2,1H3. The summed E-state index contributed by atoms with van der Waals surface area (Å²) in [6, 6.07) is 1.62. The summed E-state index contributed by atoms with van der Waals surface area (Å²) in [5.41, 5.74) is 0.0950. The summed E-state index contributed by atoms with van der Waals surface area (Å²) in [6.07, 6.45) is 3.76. The topological polar surface area (TPSA) is 88.0 Å². The summed E-state index contributed by atoms with van der Waals surface area (Å²) in [5, 5.41) is 21.5. The average molecular weight is 261 g/mol. The van der Waals surface area contributed by atoms with E-state index in [4.69, 9.17) is 4.52 Å². The molecule has 6 nitrogen and oxygen atoms in total. The van der Waals surface area contributed by atoms with Crippen molar-refractivity contribution in [2.45, 2.75) is 32.6 Å². The normalized spacial score (nSPS) is 27.3. The number of fused-ring (bicyclic) bond motifs is 1. The predicted molar refractivity (Wildman–Crippen MR) is 65.9 cm³/mol. The lowest BCUT2D eigenvalue weighted by molar-refractivity contribution is -0.120. The van der Waals surface area contributed by atoms with Crippen LogP contribution in [0.1, 0.15) is 31.4 Å². The second kappa shape index (κ2) is 4.60. The van der Waals surface area contributed by atoms with Crippen molar-refractivity contribution in [3.05, 3.63) is 23.3 Å². The first kappa shape index (κ1) is 12.1. The van der Waals surface area contributed by atoms with Crippen LogP contribution in [0.15, 0.2) is 32.3 Å². The van der Waals surface area contributed by atoms with Crippen molar-refractivity contribution in [3.63, 3.8) is 0 Å². The largest absolute Gasteiger partial charge is 0.510 e. The molecule has 1 aromatic rings. The van der Waals surface area contributed by atoms with Crippen molar-refractivity contribution in [2.75, 3.05) is 0 Å². The fraction of sp³-hybridized carbons (Fsp3) is 0.538. The number of hydrogen-bond donors (Lipinski definition) is 1. The van der Waals surface area contributed by atoms with Gasteiger partial charge in [-0.3, -0.25) is 4.79 Å². The van der Waals surface area contributed by atoms with E-state index in [-0.39, 0.29) is 29.1 Å². The molecule has 1 N–H and O–H groups in total. The van der Waals surface area contributed by atoms with Gasteiger partial charge in [-0.05, 0) is 19.8 Å². The number of aliphatic hydroxyl groups excluding tert-OH is 1. The van der Waals surface area contributed by atoms with Crippen LogP contribution in [-0.2, 0) is 4.79 Å². The lowest BCUT2D eigenvalue weighted by Gasteiger charge is -2.23. The third-order valence-electron chi connectivity index (χ3n) is 3.80. The summed E-state index contributed by atoms with van der Waals surface area (Å²) in [7, 11) is 0. The number of carbonyl (C=O) groups is 1. The van der Waals surface area contributed by atoms with Crippen molar-refractivity contribution in [2.24, 2.45) is 22.1 Å². The van der Waals surface area contributed by atoms with Gasteiger partial charge in [-0.15, -0.1) is 10.2 Å². The van der Waals surface area contributed by atoms with Gasteiger partial charge in [0.2, 0.25) is 5.82 Å². The zero-order valence-electron chi connectivity index (χ0n) is 10.7. The highest BCUT2D eigenvalue weighted by atomic mass is 16.5. The van der Waals surface area contributed by atoms with Gasteiger partial charge in [0.25, 0.3) is 0 Å². The Balaban J connectivity index is 1.85. The minimum absolute atomic E-state index is 0.0609. The molecule has 0 saturated heterocycles. The number of ketones is 1. The van der Waals surface area contributed by atoms with Crippen molar-refractivity contribution >= 4 is 11.6 Å². The average Bonchev–Trinajstić information content (AvgIpc) is 2.93. The highest BCUT2D eigenvalue weighted by molar-refractivity contribution is 6.00. The molecule has 1 heterocycles. The second-order valence-corrected chi connectivity index (χ2v) is 5.09. The monoisotopic (exact) mass is 261 g/mol. The Morgan fingerprint density at radius 1 is 1.32 bits per heavy atom. The number of allylic oxidation sites excluding steroid dienone is 2. The zero-order valence-corrected chi connectivity index (χ0v) is 10.7. The Labute approximate surface area is 110 Å². The molecule has 100 valence electrons. The van der Waals surface area contributed by atoms with Gasteiger partial charge in [0.05, 0.1) is 0 Å². The van der Waals surface area contributed by atoms with Crippen LogP contribution in [0.25, 0.3) is 0 Å². The summed E-state index contributed by atoms with van der Waals surface area (Å²) in [6.45, 7) is 1.75. The first-order chi connectivity index (χ1) is 9.16. The zero-order chi connectivity index (χ0) is 13.4. The quantitative estimate of drug-likeness (QED) is 0.828. The lowest BCUT2D eigenvalue weighted by Crippen LogP contribution is -2.21. The van der Waals surface area contributed by atoms with E-state index >= 15 is 0 Å². The van der Waals surface area contributed by atoms with Crippen LogP contribution in [-0.4, -0.2) is 16.0 Å². The highest BCUT2D eigenvalue weighted by Gasteiger charge is 2.43. The Morgan fingerprint density at radius 3 is 2.68 bits per heavy atom. The number of Topliss-reactive ketones (excluding diaryl/α,β-unsaturated/α-hetero) is 1. The van der Waals surface area contributed by atoms with E-state index in [2.05, 4.69) is 15.4 Å². The second-order valence-electron chi connectivity index (χ2n) is 5.09. The van der Waals surface area contributed by atoms with Gasteiger partial charge < -0.3 is 9.63 Å². The fourth-order valence-electron chi connectivity index (χ4n) is 2.85. The number of aliphatic hydroxyl groups is 1. The molecule has 0 amide bonds. The molecule has 19 heavy (non-hydrogen) atoms. The maximum atomic E-state index is 12.2. The SMILES string of the molecule is Cc1cc(N=NC2=C(O)C3CCCCC3C2=O)no1. The molecule has 0 bridgehead atoms. The smallest absolute Gasteiger partial charge is 0.216 e. The van der Waals surface area contributed by atoms with Crippen molar-refractivity contribution in [1.82, 2.24) is 5.16 Å². The number of carbonyl (C=O) groups excluding carboxylic acids is 1. The van der Waals surface area contributed by atoms with Crippen LogP contribution < -0.4 is 0 Å². The minimum Gasteiger partial charge on any atom is -0.510 e. The third-order valence-corrected chi connectivity index (χ3v) is 3.80. The third kappa shape index (κ3) is 2.07. The van der Waals surface area contributed by atoms with E-state index in [1.807, 2.05) is 0 Å². The van der Waals surface area contributed by atoms with Crippen molar-refractivity contribution < 1.29 is 14.4 Å². The van der Waals surface area contributed by atoms with Gasteiger partial charge >= 0.3 is 0 Å². The fourth-order valence-corrected chi connectivity index (χ4v) is 2.85. The molecule has 0 aromatic carbocycles. The number of hydrogen-bond acceptors (Lipinski definition) is 6. The molecule has 6 heteroatoms. The van der Waals surface area contributed by atoms with Gasteiger partial charge in [-0.1, -0.05) is 18.0 Å². The Bertz CT molecular complexity index is 573. The summed E-state index contributed by atoms with van der Waals surface area (Å²) in [5.74, 6) is 0.764. The van der Waals surface area contributed by atoms with Crippen LogP contribution in [0.3, 0.4) is 0 Å². The van der Waals surface area contributed by atoms with E-state index in [0.29, 0.717) is 11.6 Å². The van der Waals surface area contributed by atoms with Crippen LogP contribution in [0.4, 0.5) is 5.82 Å². The van der Waals surface area contributed by atoms with E-state index in [0.717, 1.165) is 25.7 Å². The van der Waals surface area contributed by atoms with E-state index in [1.54, 1.807) is 13.0 Å². The van der Waals surface area contributed by atoms with Gasteiger partial charge in [0.15, 0.2) is 11.5 Å². The molecule has 2 aliphatic rings. The van der Waals surface area contributed by atoms with Crippen molar-refractivity contribution in [3.8, 4) is 0 Å². The number of aryl methyl sites for hydroxylation is 1. The highest BCUT2D eigenvalue weighted by Crippen LogP contribution is 2.43. The molecule has 1 fully saturated rings. The van der Waals surface area contributed by atoms with Gasteiger partial charge in [-0.2, -0.15) is 0 Å². The molecule has 1 saturated carbocycles. The molecule has 0 spiro atoms.